The van der Waals surface area contributed by atoms with E-state index in [1.807, 2.05) is 32.9 Å². The first-order valence-corrected chi connectivity index (χ1v) is 4.97. The molecule has 0 unspecified atom stereocenters. The lowest BCUT2D eigenvalue weighted by molar-refractivity contribution is 0.0343. The van der Waals surface area contributed by atoms with Gasteiger partial charge in [0.15, 0.2) is 0 Å². The number of hydrogen-bond acceptors (Lipinski definition) is 4. The van der Waals surface area contributed by atoms with Crippen LogP contribution in [0.25, 0.3) is 0 Å². The van der Waals surface area contributed by atoms with Crippen LogP contribution in [0.3, 0.4) is 0 Å². The standard InChI is InChI=1S/C11H19N3O/c1-8-9(12)5-6-10(14-8)13-7-11(2,3)15-4/h5-6H,7,12H2,1-4H3,(H,13,14). The molecular formula is C11H19N3O. The minimum Gasteiger partial charge on any atom is -0.397 e. The largest absolute Gasteiger partial charge is 0.397 e. The van der Waals surface area contributed by atoms with Gasteiger partial charge in [0.1, 0.15) is 5.82 Å². The number of nitrogens with one attached hydrogen (secondary N) is 1. The summed E-state index contributed by atoms with van der Waals surface area (Å²) in [7, 11) is 1.70. The lowest BCUT2D eigenvalue weighted by Crippen LogP contribution is -2.32. The second-order valence-corrected chi connectivity index (χ2v) is 4.19. The van der Waals surface area contributed by atoms with Crippen LogP contribution in [-0.2, 0) is 4.74 Å². The van der Waals surface area contributed by atoms with Gasteiger partial charge >= 0.3 is 0 Å². The fraction of sp³-hybridized carbons (Fsp3) is 0.545. The predicted octanol–water partition coefficient (Wildman–Crippen LogP) is 1.81. The Hall–Kier alpha value is -1.29. The second-order valence-electron chi connectivity index (χ2n) is 4.19. The Kier molecular flexibility index (Phi) is 3.52. The quantitative estimate of drug-likeness (QED) is 0.794. The summed E-state index contributed by atoms with van der Waals surface area (Å²) < 4.78 is 5.30. The monoisotopic (exact) mass is 209 g/mol. The lowest BCUT2D eigenvalue weighted by atomic mass is 10.1. The van der Waals surface area contributed by atoms with E-state index in [1.54, 1.807) is 7.11 Å². The third kappa shape index (κ3) is 3.40. The topological polar surface area (TPSA) is 60.2 Å². The van der Waals surface area contributed by atoms with E-state index in [2.05, 4.69) is 10.3 Å². The number of ether oxygens (including phenoxy) is 1. The Labute approximate surface area is 90.8 Å². The van der Waals surface area contributed by atoms with Crippen LogP contribution in [0.5, 0.6) is 0 Å². The first-order chi connectivity index (χ1) is 6.94. The van der Waals surface area contributed by atoms with Crippen molar-refractivity contribution in [3.8, 4) is 0 Å². The minimum absolute atomic E-state index is 0.197. The van der Waals surface area contributed by atoms with Gasteiger partial charge in [-0.1, -0.05) is 0 Å². The van der Waals surface area contributed by atoms with Crippen LogP contribution in [0.4, 0.5) is 11.5 Å². The van der Waals surface area contributed by atoms with Crippen LogP contribution >= 0.6 is 0 Å². The molecule has 0 atom stereocenters. The maximum atomic E-state index is 5.68. The third-order valence-corrected chi connectivity index (χ3v) is 2.37. The number of nitrogens with two attached hydrogens (primary N) is 1. The van der Waals surface area contributed by atoms with E-state index in [0.717, 1.165) is 11.5 Å². The number of anilines is 2. The van der Waals surface area contributed by atoms with Gasteiger partial charge in [-0.3, -0.25) is 0 Å². The van der Waals surface area contributed by atoms with Crippen molar-refractivity contribution >= 4 is 11.5 Å². The molecule has 0 aliphatic heterocycles. The van der Waals surface area contributed by atoms with Crippen LogP contribution in [0, 0.1) is 6.92 Å². The van der Waals surface area contributed by atoms with Crippen molar-refractivity contribution in [1.29, 1.82) is 0 Å². The summed E-state index contributed by atoms with van der Waals surface area (Å²) in [6, 6.07) is 3.72. The molecule has 1 aromatic heterocycles. The van der Waals surface area contributed by atoms with E-state index in [0.29, 0.717) is 12.2 Å². The molecule has 0 amide bonds. The molecule has 15 heavy (non-hydrogen) atoms. The van der Waals surface area contributed by atoms with Crippen molar-refractivity contribution in [1.82, 2.24) is 4.98 Å². The van der Waals surface area contributed by atoms with Crippen molar-refractivity contribution < 1.29 is 4.74 Å². The molecule has 0 fully saturated rings. The smallest absolute Gasteiger partial charge is 0.126 e. The molecule has 1 aromatic rings. The molecule has 0 radical (unpaired) electrons. The molecule has 0 saturated heterocycles. The second kappa shape index (κ2) is 4.49. The highest BCUT2D eigenvalue weighted by Crippen LogP contribution is 2.14. The fourth-order valence-corrected chi connectivity index (χ4v) is 1.05. The summed E-state index contributed by atoms with van der Waals surface area (Å²) in [5, 5.41) is 3.21. The van der Waals surface area contributed by atoms with Crippen LogP contribution < -0.4 is 11.1 Å². The van der Waals surface area contributed by atoms with E-state index in [1.165, 1.54) is 0 Å². The molecule has 0 saturated carbocycles. The van der Waals surface area contributed by atoms with Gasteiger partial charge in [-0.15, -0.1) is 0 Å². The molecule has 3 N–H and O–H groups in total. The van der Waals surface area contributed by atoms with Gasteiger partial charge in [-0.05, 0) is 32.9 Å². The summed E-state index contributed by atoms with van der Waals surface area (Å²) in [5.41, 5.74) is 7.04. The lowest BCUT2D eigenvalue weighted by Gasteiger charge is -2.23. The number of rotatable bonds is 4. The van der Waals surface area contributed by atoms with E-state index < -0.39 is 0 Å². The Morgan fingerprint density at radius 3 is 2.67 bits per heavy atom. The SMILES string of the molecule is COC(C)(C)CNc1ccc(N)c(C)n1. The zero-order valence-corrected chi connectivity index (χ0v) is 9.79. The zero-order chi connectivity index (χ0) is 11.5. The molecule has 0 bridgehead atoms. The van der Waals surface area contributed by atoms with Gasteiger partial charge < -0.3 is 15.8 Å². The zero-order valence-electron chi connectivity index (χ0n) is 9.79. The molecule has 0 aliphatic rings. The van der Waals surface area contributed by atoms with Crippen LogP contribution in [0.1, 0.15) is 19.5 Å². The molecule has 4 heteroatoms. The number of pyridine rings is 1. The number of aryl methyl sites for hydroxylation is 1. The van der Waals surface area contributed by atoms with E-state index in [-0.39, 0.29) is 5.60 Å². The molecule has 0 aromatic carbocycles. The molecule has 4 nitrogen and oxygen atoms in total. The number of methoxy groups -OCH3 is 1. The fourth-order valence-electron chi connectivity index (χ4n) is 1.05. The van der Waals surface area contributed by atoms with Gasteiger partial charge in [0.2, 0.25) is 0 Å². The number of aromatic nitrogens is 1. The van der Waals surface area contributed by atoms with Crippen molar-refractivity contribution in [2.75, 3.05) is 24.7 Å². The average molecular weight is 209 g/mol. The molecule has 0 spiro atoms. The van der Waals surface area contributed by atoms with Gasteiger partial charge in [0.05, 0.1) is 17.0 Å². The Morgan fingerprint density at radius 2 is 2.13 bits per heavy atom. The Bertz CT molecular complexity index is 337. The van der Waals surface area contributed by atoms with Gasteiger partial charge in [0, 0.05) is 13.7 Å². The predicted molar refractivity (Wildman–Crippen MR) is 63.0 cm³/mol. The van der Waals surface area contributed by atoms with Gasteiger partial charge in [-0.25, -0.2) is 4.98 Å². The van der Waals surface area contributed by atoms with Crippen molar-refractivity contribution in [3.63, 3.8) is 0 Å². The van der Waals surface area contributed by atoms with E-state index in [9.17, 15) is 0 Å². The first kappa shape index (κ1) is 11.8. The van der Waals surface area contributed by atoms with Crippen LogP contribution in [0.2, 0.25) is 0 Å². The molecule has 0 aliphatic carbocycles. The maximum Gasteiger partial charge on any atom is 0.126 e. The minimum atomic E-state index is -0.197. The van der Waals surface area contributed by atoms with Crippen LogP contribution in [0.15, 0.2) is 12.1 Å². The molecular weight excluding hydrogens is 190 g/mol. The van der Waals surface area contributed by atoms with Gasteiger partial charge in [0.25, 0.3) is 0 Å². The summed E-state index contributed by atoms with van der Waals surface area (Å²) in [6.45, 7) is 6.64. The Morgan fingerprint density at radius 1 is 1.47 bits per heavy atom. The normalized spacial score (nSPS) is 11.5. The first-order valence-electron chi connectivity index (χ1n) is 4.97. The summed E-state index contributed by atoms with van der Waals surface area (Å²) >= 11 is 0. The van der Waals surface area contributed by atoms with Gasteiger partial charge in [-0.2, -0.15) is 0 Å². The molecule has 84 valence electrons. The van der Waals surface area contributed by atoms with E-state index >= 15 is 0 Å². The highest BCUT2D eigenvalue weighted by molar-refractivity contribution is 5.49. The third-order valence-electron chi connectivity index (χ3n) is 2.37. The molecule has 1 rings (SSSR count). The van der Waals surface area contributed by atoms with Crippen molar-refractivity contribution in [3.05, 3.63) is 17.8 Å². The molecule has 1 heterocycles. The highest BCUT2D eigenvalue weighted by Gasteiger charge is 2.15. The summed E-state index contributed by atoms with van der Waals surface area (Å²) in [4.78, 5) is 4.32. The number of nitrogens with zero attached hydrogens (tertiary/aromatic N) is 1. The van der Waals surface area contributed by atoms with Crippen LogP contribution in [-0.4, -0.2) is 24.2 Å². The Balaban J connectivity index is 2.62. The van der Waals surface area contributed by atoms with Crippen molar-refractivity contribution in [2.24, 2.45) is 0 Å². The maximum absolute atomic E-state index is 5.68. The van der Waals surface area contributed by atoms with E-state index in [4.69, 9.17) is 10.5 Å². The number of nitrogen functional groups attached to an aromatic ring is 1. The van der Waals surface area contributed by atoms with Crippen molar-refractivity contribution in [2.45, 2.75) is 26.4 Å². The summed E-state index contributed by atoms with van der Waals surface area (Å²) in [6.07, 6.45) is 0. The highest BCUT2D eigenvalue weighted by atomic mass is 16.5. The summed E-state index contributed by atoms with van der Waals surface area (Å²) in [5.74, 6) is 0.826. The average Bonchev–Trinajstić information content (AvgIpc) is 2.20. The number of hydrogen-bond donors (Lipinski definition) is 2.